The van der Waals surface area contributed by atoms with Gasteiger partial charge in [-0.2, -0.15) is 13.2 Å². The van der Waals surface area contributed by atoms with Gasteiger partial charge in [-0.1, -0.05) is 24.3 Å². The minimum atomic E-state index is -4.83. The van der Waals surface area contributed by atoms with E-state index in [0.29, 0.717) is 45.4 Å². The summed E-state index contributed by atoms with van der Waals surface area (Å²) in [6.07, 6.45) is -3.18. The van der Waals surface area contributed by atoms with Crippen molar-refractivity contribution in [2.75, 3.05) is 38.0 Å². The standard InChI is InChI=1S/C27H33F3N6O3/c1-17(37)34-11-7-20(8-12-34)31-24-14-21(32-26(33-24)27(28,29)30)25(39)36-13-9-22(23(38)16-36)35-10-6-18-4-2-3-5-19(18)15-35/h2-5,14,20,22-23,38H,6-13,15-16H2,1H3,(H,31,32,33)/t22-,23-/m0/s1. The van der Waals surface area contributed by atoms with Gasteiger partial charge >= 0.3 is 6.18 Å². The summed E-state index contributed by atoms with van der Waals surface area (Å²) in [6.45, 7) is 4.30. The van der Waals surface area contributed by atoms with E-state index in [4.69, 9.17) is 0 Å². The minimum absolute atomic E-state index is 0.0132. The SMILES string of the molecule is CC(=O)N1CCC(Nc2cc(C(=O)N3CC[C@H](N4CCc5ccccc5C4)[C@@H](O)C3)nc(C(F)(F)F)n2)CC1. The largest absolute Gasteiger partial charge is 0.451 e. The summed E-state index contributed by atoms with van der Waals surface area (Å²) in [6, 6.07) is 9.12. The molecular weight excluding hydrogens is 513 g/mol. The van der Waals surface area contributed by atoms with Gasteiger partial charge in [0.1, 0.15) is 11.5 Å². The molecule has 1 aromatic carbocycles. The molecule has 5 rings (SSSR count). The van der Waals surface area contributed by atoms with E-state index in [2.05, 4.69) is 32.3 Å². The van der Waals surface area contributed by atoms with Crippen LogP contribution in [0.5, 0.6) is 0 Å². The normalized spacial score (nSPS) is 22.9. The highest BCUT2D eigenvalue weighted by Crippen LogP contribution is 2.29. The molecular formula is C27H33F3N6O3. The molecule has 9 nitrogen and oxygen atoms in total. The Morgan fingerprint density at radius 3 is 2.36 bits per heavy atom. The second kappa shape index (κ2) is 11.1. The van der Waals surface area contributed by atoms with Crippen LogP contribution in [0.3, 0.4) is 0 Å². The number of carbonyl (C=O) groups excluding carboxylic acids is 2. The predicted molar refractivity (Wildman–Crippen MR) is 137 cm³/mol. The Hall–Kier alpha value is -3.25. The van der Waals surface area contributed by atoms with Crippen LogP contribution in [-0.2, 0) is 23.9 Å². The fraction of sp³-hybridized carbons (Fsp3) is 0.556. The molecule has 3 aliphatic rings. The van der Waals surface area contributed by atoms with E-state index in [1.54, 1.807) is 4.90 Å². The van der Waals surface area contributed by atoms with Crippen LogP contribution in [0.4, 0.5) is 19.0 Å². The zero-order chi connectivity index (χ0) is 27.7. The molecule has 0 aliphatic carbocycles. The molecule has 2 atom stereocenters. The lowest BCUT2D eigenvalue weighted by Crippen LogP contribution is -2.56. The quantitative estimate of drug-likeness (QED) is 0.608. The highest BCUT2D eigenvalue weighted by molar-refractivity contribution is 5.93. The van der Waals surface area contributed by atoms with Crippen molar-refractivity contribution in [3.63, 3.8) is 0 Å². The molecule has 0 saturated carbocycles. The topological polar surface area (TPSA) is 102 Å². The first-order valence-corrected chi connectivity index (χ1v) is 13.3. The van der Waals surface area contributed by atoms with Crippen LogP contribution >= 0.6 is 0 Å². The van der Waals surface area contributed by atoms with Gasteiger partial charge in [-0.3, -0.25) is 14.5 Å². The molecule has 39 heavy (non-hydrogen) atoms. The van der Waals surface area contributed by atoms with Crippen molar-refractivity contribution in [2.45, 2.75) is 63.5 Å². The number of nitrogens with one attached hydrogen (secondary N) is 1. The summed E-state index contributed by atoms with van der Waals surface area (Å²) in [5.41, 5.74) is 2.16. The van der Waals surface area contributed by atoms with E-state index >= 15 is 0 Å². The smallest absolute Gasteiger partial charge is 0.390 e. The molecule has 4 heterocycles. The zero-order valence-electron chi connectivity index (χ0n) is 21.8. The molecule has 0 unspecified atom stereocenters. The minimum Gasteiger partial charge on any atom is -0.390 e. The number of aromatic nitrogens is 2. The molecule has 2 amide bonds. The maximum Gasteiger partial charge on any atom is 0.451 e. The lowest BCUT2D eigenvalue weighted by molar-refractivity contribution is -0.145. The number of rotatable bonds is 4. The van der Waals surface area contributed by atoms with Crippen molar-refractivity contribution in [2.24, 2.45) is 0 Å². The van der Waals surface area contributed by atoms with Crippen LogP contribution in [0, 0.1) is 0 Å². The number of halogens is 3. The molecule has 3 aliphatic heterocycles. The van der Waals surface area contributed by atoms with Crippen molar-refractivity contribution < 1.29 is 27.9 Å². The summed E-state index contributed by atoms with van der Waals surface area (Å²) in [7, 11) is 0. The lowest BCUT2D eigenvalue weighted by atomic mass is 9.94. The number of likely N-dealkylation sites (tertiary alicyclic amines) is 2. The average Bonchev–Trinajstić information content (AvgIpc) is 2.92. The van der Waals surface area contributed by atoms with Gasteiger partial charge in [0.05, 0.1) is 6.10 Å². The molecule has 1 aromatic heterocycles. The van der Waals surface area contributed by atoms with Crippen LogP contribution in [-0.4, -0.2) is 92.5 Å². The molecule has 210 valence electrons. The van der Waals surface area contributed by atoms with Crippen molar-refractivity contribution in [1.82, 2.24) is 24.7 Å². The van der Waals surface area contributed by atoms with Crippen molar-refractivity contribution >= 4 is 17.6 Å². The number of hydrogen-bond acceptors (Lipinski definition) is 7. The van der Waals surface area contributed by atoms with E-state index in [9.17, 15) is 27.9 Å². The maximum absolute atomic E-state index is 13.6. The molecule has 2 fully saturated rings. The Balaban J connectivity index is 1.27. The van der Waals surface area contributed by atoms with E-state index in [1.807, 2.05) is 12.1 Å². The fourth-order valence-corrected chi connectivity index (χ4v) is 5.80. The maximum atomic E-state index is 13.6. The number of aliphatic hydroxyl groups is 1. The Bertz CT molecular complexity index is 1220. The van der Waals surface area contributed by atoms with Gasteiger partial charge in [0.25, 0.3) is 5.91 Å². The third-order valence-electron chi connectivity index (χ3n) is 7.95. The third kappa shape index (κ3) is 6.17. The highest BCUT2D eigenvalue weighted by Gasteiger charge is 2.39. The monoisotopic (exact) mass is 546 g/mol. The Kier molecular flexibility index (Phi) is 7.77. The molecule has 12 heteroatoms. The summed E-state index contributed by atoms with van der Waals surface area (Å²) >= 11 is 0. The van der Waals surface area contributed by atoms with Gasteiger partial charge in [0.2, 0.25) is 11.7 Å². The third-order valence-corrected chi connectivity index (χ3v) is 7.95. The molecule has 0 spiro atoms. The number of fused-ring (bicyclic) bond motifs is 1. The number of aliphatic hydroxyl groups excluding tert-OH is 1. The first-order chi connectivity index (χ1) is 18.6. The summed E-state index contributed by atoms with van der Waals surface area (Å²) in [4.78, 5) is 37.3. The van der Waals surface area contributed by atoms with Gasteiger partial charge in [0.15, 0.2) is 0 Å². The fourth-order valence-electron chi connectivity index (χ4n) is 5.80. The number of benzene rings is 1. The van der Waals surface area contributed by atoms with Crippen LogP contribution in [0.2, 0.25) is 0 Å². The zero-order valence-corrected chi connectivity index (χ0v) is 21.8. The van der Waals surface area contributed by atoms with Crippen LogP contribution in [0.15, 0.2) is 30.3 Å². The van der Waals surface area contributed by atoms with Gasteiger partial charge in [-0.25, -0.2) is 9.97 Å². The Morgan fingerprint density at radius 2 is 1.69 bits per heavy atom. The highest BCUT2D eigenvalue weighted by atomic mass is 19.4. The lowest BCUT2D eigenvalue weighted by Gasteiger charge is -2.43. The van der Waals surface area contributed by atoms with Crippen LogP contribution < -0.4 is 5.32 Å². The molecule has 0 bridgehead atoms. The summed E-state index contributed by atoms with van der Waals surface area (Å²) < 4.78 is 40.9. The molecule has 2 saturated heterocycles. The van der Waals surface area contributed by atoms with E-state index in [1.165, 1.54) is 29.0 Å². The number of β-amino-alcohol motifs (C(OH)–C–C–N with tert-alkyl or cyclic N) is 1. The van der Waals surface area contributed by atoms with Crippen molar-refractivity contribution in [1.29, 1.82) is 0 Å². The predicted octanol–water partition coefficient (Wildman–Crippen LogP) is 2.55. The van der Waals surface area contributed by atoms with E-state index in [-0.39, 0.29) is 36.0 Å². The number of nitrogens with zero attached hydrogens (tertiary/aromatic N) is 5. The number of carbonyl (C=O) groups is 2. The second-order valence-electron chi connectivity index (χ2n) is 10.5. The first kappa shape index (κ1) is 27.3. The van der Waals surface area contributed by atoms with E-state index in [0.717, 1.165) is 13.0 Å². The number of hydrogen-bond donors (Lipinski definition) is 2. The number of piperidine rings is 2. The number of anilines is 1. The van der Waals surface area contributed by atoms with Crippen LogP contribution in [0.1, 0.15) is 53.6 Å². The van der Waals surface area contributed by atoms with Gasteiger partial charge in [-0.15, -0.1) is 0 Å². The number of alkyl halides is 3. The summed E-state index contributed by atoms with van der Waals surface area (Å²) in [5, 5.41) is 14.0. The van der Waals surface area contributed by atoms with Gasteiger partial charge < -0.3 is 20.2 Å². The Labute approximate surface area is 225 Å². The summed E-state index contributed by atoms with van der Waals surface area (Å²) in [5.74, 6) is -2.18. The van der Waals surface area contributed by atoms with Gasteiger partial charge in [-0.05, 0) is 36.8 Å². The number of amides is 2. The first-order valence-electron chi connectivity index (χ1n) is 13.3. The van der Waals surface area contributed by atoms with Crippen molar-refractivity contribution in [3.8, 4) is 0 Å². The average molecular weight is 547 g/mol. The molecule has 0 radical (unpaired) electrons. The molecule has 2 aromatic rings. The Morgan fingerprint density at radius 1 is 1.00 bits per heavy atom. The van der Waals surface area contributed by atoms with Gasteiger partial charge in [0, 0.05) is 64.3 Å². The van der Waals surface area contributed by atoms with E-state index < -0.39 is 24.0 Å². The molecule has 2 N–H and O–H groups in total. The second-order valence-corrected chi connectivity index (χ2v) is 10.5. The van der Waals surface area contributed by atoms with Crippen LogP contribution in [0.25, 0.3) is 0 Å². The van der Waals surface area contributed by atoms with Crippen molar-refractivity contribution in [3.05, 3.63) is 53.0 Å².